The maximum atomic E-state index is 12.0. The molecule has 1 atom stereocenters. The largest absolute Gasteiger partial charge is 0.396 e. The van der Waals surface area contributed by atoms with Crippen LogP contribution in [0.2, 0.25) is 5.02 Å². The summed E-state index contributed by atoms with van der Waals surface area (Å²) in [6.45, 7) is 5.98. The summed E-state index contributed by atoms with van der Waals surface area (Å²) in [7, 11) is 0. The molecule has 0 heterocycles. The van der Waals surface area contributed by atoms with E-state index in [-0.39, 0.29) is 18.6 Å². The number of rotatable bonds is 5. The first-order valence-corrected chi connectivity index (χ1v) is 6.52. The van der Waals surface area contributed by atoms with Gasteiger partial charge in [0, 0.05) is 12.6 Å². The van der Waals surface area contributed by atoms with Crippen LogP contribution in [0.4, 0.5) is 0 Å². The van der Waals surface area contributed by atoms with Crippen LogP contribution >= 0.6 is 11.6 Å². The van der Waals surface area contributed by atoms with Crippen LogP contribution in [-0.2, 0) is 0 Å². The normalized spacial score (nSPS) is 12.3. The Bertz CT molecular complexity index is 432. The molecule has 0 aromatic heterocycles. The fourth-order valence-electron chi connectivity index (χ4n) is 1.73. The molecule has 1 aromatic rings. The number of amides is 1. The first-order chi connectivity index (χ1) is 8.45. The number of benzene rings is 1. The first-order valence-electron chi connectivity index (χ1n) is 6.14. The molecule has 2 N–H and O–H groups in total. The van der Waals surface area contributed by atoms with Gasteiger partial charge in [-0.15, -0.1) is 0 Å². The number of carbonyl (C=O) groups is 1. The molecule has 0 aliphatic carbocycles. The van der Waals surface area contributed by atoms with Gasteiger partial charge in [0.25, 0.3) is 5.91 Å². The summed E-state index contributed by atoms with van der Waals surface area (Å²) in [6, 6.07) is 3.65. The Kier molecular flexibility index (Phi) is 5.63. The van der Waals surface area contributed by atoms with E-state index < -0.39 is 0 Å². The van der Waals surface area contributed by atoms with Gasteiger partial charge in [0.15, 0.2) is 0 Å². The Labute approximate surface area is 113 Å². The van der Waals surface area contributed by atoms with Gasteiger partial charge < -0.3 is 10.4 Å². The van der Waals surface area contributed by atoms with E-state index >= 15 is 0 Å². The van der Waals surface area contributed by atoms with Gasteiger partial charge in [-0.05, 0) is 56.9 Å². The van der Waals surface area contributed by atoms with E-state index in [0.29, 0.717) is 17.0 Å². The number of hydrogen-bond acceptors (Lipinski definition) is 2. The van der Waals surface area contributed by atoms with Crippen LogP contribution in [-0.4, -0.2) is 23.7 Å². The van der Waals surface area contributed by atoms with Crippen molar-refractivity contribution in [2.24, 2.45) is 0 Å². The molecule has 0 fully saturated rings. The number of hydrogen-bond donors (Lipinski definition) is 2. The zero-order valence-corrected chi connectivity index (χ0v) is 11.8. The SMILES string of the molecule is Cc1cc(Cl)c(C(=O)NC(C)CCCO)cc1C. The molecule has 3 nitrogen and oxygen atoms in total. The minimum Gasteiger partial charge on any atom is -0.396 e. The molecule has 1 unspecified atom stereocenters. The molecule has 1 rings (SSSR count). The third kappa shape index (κ3) is 4.00. The van der Waals surface area contributed by atoms with Crippen LogP contribution in [0, 0.1) is 13.8 Å². The Morgan fingerprint density at radius 1 is 1.39 bits per heavy atom. The van der Waals surface area contributed by atoms with Gasteiger partial charge in [-0.1, -0.05) is 11.6 Å². The van der Waals surface area contributed by atoms with E-state index in [4.69, 9.17) is 16.7 Å². The third-order valence-corrected chi connectivity index (χ3v) is 3.31. The average molecular weight is 270 g/mol. The molecule has 4 heteroatoms. The van der Waals surface area contributed by atoms with Crippen molar-refractivity contribution >= 4 is 17.5 Å². The summed E-state index contributed by atoms with van der Waals surface area (Å²) in [4.78, 5) is 12.0. The first kappa shape index (κ1) is 15.0. The summed E-state index contributed by atoms with van der Waals surface area (Å²) in [5, 5.41) is 12.1. The minimum absolute atomic E-state index is 0.0299. The smallest absolute Gasteiger partial charge is 0.253 e. The molecule has 0 spiro atoms. The highest BCUT2D eigenvalue weighted by Gasteiger charge is 2.14. The zero-order valence-electron chi connectivity index (χ0n) is 11.1. The lowest BCUT2D eigenvalue weighted by atomic mass is 10.1. The van der Waals surface area contributed by atoms with Crippen LogP contribution in [0.3, 0.4) is 0 Å². The summed E-state index contributed by atoms with van der Waals surface area (Å²) < 4.78 is 0. The minimum atomic E-state index is -0.159. The van der Waals surface area contributed by atoms with Crippen LogP contribution in [0.15, 0.2) is 12.1 Å². The van der Waals surface area contributed by atoms with Crippen molar-refractivity contribution in [3.63, 3.8) is 0 Å². The number of carbonyl (C=O) groups excluding carboxylic acids is 1. The van der Waals surface area contributed by atoms with Gasteiger partial charge in [0.2, 0.25) is 0 Å². The van der Waals surface area contributed by atoms with Crippen LogP contribution in [0.5, 0.6) is 0 Å². The van der Waals surface area contributed by atoms with Crippen molar-refractivity contribution in [1.82, 2.24) is 5.32 Å². The summed E-state index contributed by atoms with van der Waals surface area (Å²) in [6.07, 6.45) is 1.44. The van der Waals surface area contributed by atoms with Crippen molar-refractivity contribution in [3.8, 4) is 0 Å². The lowest BCUT2D eigenvalue weighted by Gasteiger charge is -2.14. The average Bonchev–Trinajstić information content (AvgIpc) is 2.31. The monoisotopic (exact) mass is 269 g/mol. The standard InChI is InChI=1S/C14H20ClNO2/c1-9-7-12(13(15)8-10(9)2)14(18)16-11(3)5-4-6-17/h7-8,11,17H,4-6H2,1-3H3,(H,16,18). The van der Waals surface area contributed by atoms with Gasteiger partial charge in [-0.2, -0.15) is 0 Å². The molecule has 1 amide bonds. The molecule has 0 aliphatic rings. The number of halogens is 1. The highest BCUT2D eigenvalue weighted by Crippen LogP contribution is 2.21. The van der Waals surface area contributed by atoms with Crippen molar-refractivity contribution in [2.75, 3.05) is 6.61 Å². The number of aliphatic hydroxyl groups is 1. The van der Waals surface area contributed by atoms with Crippen molar-refractivity contribution in [2.45, 2.75) is 39.7 Å². The highest BCUT2D eigenvalue weighted by atomic mass is 35.5. The molecule has 0 saturated carbocycles. The molecule has 0 aliphatic heterocycles. The van der Waals surface area contributed by atoms with E-state index in [1.165, 1.54) is 0 Å². The van der Waals surface area contributed by atoms with Crippen LogP contribution in [0.25, 0.3) is 0 Å². The van der Waals surface area contributed by atoms with E-state index in [0.717, 1.165) is 17.5 Å². The number of aliphatic hydroxyl groups excluding tert-OH is 1. The highest BCUT2D eigenvalue weighted by molar-refractivity contribution is 6.34. The molecule has 0 radical (unpaired) electrons. The fourth-order valence-corrected chi connectivity index (χ4v) is 2.03. The summed E-state index contributed by atoms with van der Waals surface area (Å²) in [5.74, 6) is -0.159. The Morgan fingerprint density at radius 2 is 2.00 bits per heavy atom. The van der Waals surface area contributed by atoms with E-state index in [1.54, 1.807) is 0 Å². The van der Waals surface area contributed by atoms with Gasteiger partial charge in [-0.25, -0.2) is 0 Å². The Hall–Kier alpha value is -1.06. The molecule has 0 bridgehead atoms. The van der Waals surface area contributed by atoms with Gasteiger partial charge in [0.05, 0.1) is 10.6 Å². The Balaban J connectivity index is 2.75. The maximum Gasteiger partial charge on any atom is 0.253 e. The molecule has 100 valence electrons. The van der Waals surface area contributed by atoms with Crippen LogP contribution in [0.1, 0.15) is 41.3 Å². The lowest BCUT2D eigenvalue weighted by Crippen LogP contribution is -2.32. The second kappa shape index (κ2) is 6.76. The number of nitrogens with one attached hydrogen (secondary N) is 1. The molecule has 0 saturated heterocycles. The fraction of sp³-hybridized carbons (Fsp3) is 0.500. The van der Waals surface area contributed by atoms with E-state index in [9.17, 15) is 4.79 Å². The predicted octanol–water partition coefficient (Wildman–Crippen LogP) is 2.85. The van der Waals surface area contributed by atoms with Gasteiger partial charge in [-0.3, -0.25) is 4.79 Å². The second-order valence-corrected chi connectivity index (χ2v) is 5.06. The van der Waals surface area contributed by atoms with Crippen molar-refractivity contribution in [3.05, 3.63) is 33.8 Å². The molecule has 18 heavy (non-hydrogen) atoms. The van der Waals surface area contributed by atoms with Crippen molar-refractivity contribution in [1.29, 1.82) is 0 Å². The topological polar surface area (TPSA) is 49.3 Å². The quantitative estimate of drug-likeness (QED) is 0.864. The van der Waals surface area contributed by atoms with Gasteiger partial charge in [0.1, 0.15) is 0 Å². The van der Waals surface area contributed by atoms with E-state index in [2.05, 4.69) is 5.32 Å². The third-order valence-electron chi connectivity index (χ3n) is 3.00. The Morgan fingerprint density at radius 3 is 2.61 bits per heavy atom. The molecular weight excluding hydrogens is 250 g/mol. The number of aryl methyl sites for hydroxylation is 2. The summed E-state index contributed by atoms with van der Waals surface area (Å²) >= 11 is 6.08. The van der Waals surface area contributed by atoms with Crippen molar-refractivity contribution < 1.29 is 9.90 Å². The lowest BCUT2D eigenvalue weighted by molar-refractivity contribution is 0.0936. The second-order valence-electron chi connectivity index (χ2n) is 4.66. The van der Waals surface area contributed by atoms with Crippen LogP contribution < -0.4 is 5.32 Å². The maximum absolute atomic E-state index is 12.0. The molecule has 1 aromatic carbocycles. The summed E-state index contributed by atoms with van der Waals surface area (Å²) in [5.41, 5.74) is 2.63. The predicted molar refractivity (Wildman–Crippen MR) is 74.2 cm³/mol. The van der Waals surface area contributed by atoms with Gasteiger partial charge >= 0.3 is 0 Å². The zero-order chi connectivity index (χ0) is 13.7. The molecular formula is C14H20ClNO2. The van der Waals surface area contributed by atoms with E-state index in [1.807, 2.05) is 32.9 Å².